The number of aryl methyl sites for hydroxylation is 1. The highest BCUT2D eigenvalue weighted by molar-refractivity contribution is 7.90. The van der Waals surface area contributed by atoms with E-state index in [2.05, 4.69) is 20.5 Å². The maximum atomic E-state index is 14.0. The summed E-state index contributed by atoms with van der Waals surface area (Å²) in [6.07, 6.45) is 3.08. The van der Waals surface area contributed by atoms with E-state index < -0.39 is 10.0 Å². The molecular weight excluding hydrogens is 546 g/mol. The van der Waals surface area contributed by atoms with Crippen LogP contribution in [0.2, 0.25) is 0 Å². The highest BCUT2D eigenvalue weighted by Crippen LogP contribution is 2.42. The van der Waals surface area contributed by atoms with E-state index in [1.54, 1.807) is 37.4 Å². The predicted octanol–water partition coefficient (Wildman–Crippen LogP) is 4.83. The van der Waals surface area contributed by atoms with Gasteiger partial charge in [-0.2, -0.15) is 5.10 Å². The summed E-state index contributed by atoms with van der Waals surface area (Å²) in [5.74, 6) is 1.60. The molecule has 2 heterocycles. The molecule has 0 saturated heterocycles. The molecule has 0 amide bonds. The van der Waals surface area contributed by atoms with Gasteiger partial charge in [0, 0.05) is 35.6 Å². The number of benzene rings is 3. The molecule has 2 aromatic heterocycles. The topological polar surface area (TPSA) is 141 Å². The van der Waals surface area contributed by atoms with Crippen LogP contribution in [0.15, 0.2) is 78.1 Å². The number of H-pyrrole nitrogens is 1. The molecule has 0 aliphatic rings. The molecule has 3 aromatic carbocycles. The number of phenolic OH excluding ortho intramolecular Hbond substituents is 1. The first-order valence-corrected chi connectivity index (χ1v) is 14.0. The van der Waals surface area contributed by atoms with Crippen LogP contribution in [-0.2, 0) is 16.6 Å². The van der Waals surface area contributed by atoms with E-state index in [0.717, 1.165) is 11.3 Å². The Bertz CT molecular complexity index is 1760. The number of ether oxygens (including phenoxy) is 3. The zero-order valence-corrected chi connectivity index (χ0v) is 23.7. The molecule has 0 bridgehead atoms. The van der Waals surface area contributed by atoms with E-state index in [-0.39, 0.29) is 10.6 Å². The molecule has 0 aliphatic carbocycles. The maximum absolute atomic E-state index is 14.0. The fraction of sp³-hybridized carbons (Fsp3) is 0.172. The number of nitrogens with zero attached hydrogens (tertiary/aromatic N) is 3. The lowest BCUT2D eigenvalue weighted by Gasteiger charge is -2.16. The zero-order valence-electron chi connectivity index (χ0n) is 22.9. The first-order valence-electron chi connectivity index (χ1n) is 12.5. The second-order valence-electron chi connectivity index (χ2n) is 9.15. The van der Waals surface area contributed by atoms with Crippen LogP contribution in [0.1, 0.15) is 11.1 Å². The van der Waals surface area contributed by atoms with Crippen LogP contribution in [0.25, 0.3) is 22.6 Å². The quantitative estimate of drug-likeness (QED) is 0.214. The Kier molecular flexibility index (Phi) is 7.58. The lowest BCUT2D eigenvalue weighted by molar-refractivity contribution is 0.324. The molecule has 5 aromatic rings. The Balaban J connectivity index is 1.56. The number of hydrogen-bond acceptors (Lipinski definition) is 9. The molecule has 0 radical (unpaired) electrons. The van der Waals surface area contributed by atoms with Gasteiger partial charge in [-0.3, -0.25) is 5.10 Å². The predicted molar refractivity (Wildman–Crippen MR) is 154 cm³/mol. The van der Waals surface area contributed by atoms with Gasteiger partial charge in [-0.15, -0.1) is 0 Å². The van der Waals surface area contributed by atoms with Crippen molar-refractivity contribution in [3.63, 3.8) is 0 Å². The average Bonchev–Trinajstić information content (AvgIpc) is 3.68. The molecule has 3 N–H and O–H groups in total. The van der Waals surface area contributed by atoms with Crippen molar-refractivity contribution >= 4 is 15.7 Å². The van der Waals surface area contributed by atoms with Gasteiger partial charge in [0.2, 0.25) is 5.75 Å². The van der Waals surface area contributed by atoms with Crippen LogP contribution in [0.3, 0.4) is 0 Å². The highest BCUT2D eigenvalue weighted by Gasteiger charge is 2.26. The summed E-state index contributed by atoms with van der Waals surface area (Å²) in [4.78, 5) is 4.15. The summed E-state index contributed by atoms with van der Waals surface area (Å²) in [7, 11) is 0.372. The van der Waals surface area contributed by atoms with Crippen LogP contribution in [0, 0.1) is 6.92 Å². The van der Waals surface area contributed by atoms with Gasteiger partial charge in [0.25, 0.3) is 10.0 Å². The van der Waals surface area contributed by atoms with Gasteiger partial charge < -0.3 is 24.6 Å². The number of aromatic hydroxyl groups is 1. The number of rotatable bonds is 10. The second-order valence-corrected chi connectivity index (χ2v) is 10.9. The summed E-state index contributed by atoms with van der Waals surface area (Å²) in [5.41, 5.74) is 3.80. The minimum Gasteiger partial charge on any atom is -0.508 e. The average molecular weight is 576 g/mol. The third-order valence-electron chi connectivity index (χ3n) is 6.57. The van der Waals surface area contributed by atoms with Crippen LogP contribution < -0.4 is 19.5 Å². The molecular formula is C29H29N5O6S. The Hall–Kier alpha value is -4.97. The highest BCUT2D eigenvalue weighted by atomic mass is 32.2. The summed E-state index contributed by atoms with van der Waals surface area (Å²) in [5, 5.41) is 20.2. The van der Waals surface area contributed by atoms with E-state index in [1.165, 1.54) is 43.8 Å². The third-order valence-corrected chi connectivity index (χ3v) is 8.38. The van der Waals surface area contributed by atoms with Gasteiger partial charge in [-0.1, -0.05) is 6.07 Å². The summed E-state index contributed by atoms with van der Waals surface area (Å²) in [6.45, 7) is 2.01. The fourth-order valence-corrected chi connectivity index (χ4v) is 6.14. The Morgan fingerprint density at radius 3 is 2.24 bits per heavy atom. The van der Waals surface area contributed by atoms with Crippen molar-refractivity contribution in [2.75, 3.05) is 26.6 Å². The van der Waals surface area contributed by atoms with Crippen molar-refractivity contribution in [3.8, 4) is 45.6 Å². The smallest absolute Gasteiger partial charge is 0.268 e. The van der Waals surface area contributed by atoms with E-state index >= 15 is 0 Å². The monoisotopic (exact) mass is 575 g/mol. The van der Waals surface area contributed by atoms with Crippen molar-refractivity contribution in [1.82, 2.24) is 19.2 Å². The molecule has 41 heavy (non-hydrogen) atoms. The summed E-state index contributed by atoms with van der Waals surface area (Å²) < 4.78 is 45.7. The number of phenols is 1. The van der Waals surface area contributed by atoms with Crippen molar-refractivity contribution in [2.24, 2.45) is 0 Å². The molecule has 12 heteroatoms. The van der Waals surface area contributed by atoms with Crippen molar-refractivity contribution < 1.29 is 27.7 Å². The molecule has 0 atom stereocenters. The third kappa shape index (κ3) is 5.41. The molecule has 0 saturated carbocycles. The van der Waals surface area contributed by atoms with Crippen molar-refractivity contribution in [3.05, 3.63) is 84.3 Å². The first kappa shape index (κ1) is 27.6. The van der Waals surface area contributed by atoms with Crippen LogP contribution in [0.4, 0.5) is 5.69 Å². The lowest BCUT2D eigenvalue weighted by Crippen LogP contribution is -2.14. The molecule has 0 fully saturated rings. The molecule has 0 unspecified atom stereocenters. The number of anilines is 1. The van der Waals surface area contributed by atoms with Crippen molar-refractivity contribution in [1.29, 1.82) is 0 Å². The van der Waals surface area contributed by atoms with E-state index in [4.69, 9.17) is 14.2 Å². The number of aromatic nitrogens is 4. The largest absolute Gasteiger partial charge is 0.508 e. The zero-order chi connectivity index (χ0) is 29.1. The Morgan fingerprint density at radius 1 is 0.927 bits per heavy atom. The van der Waals surface area contributed by atoms with E-state index in [1.807, 2.05) is 24.3 Å². The number of nitrogens with one attached hydrogen (secondary N) is 2. The summed E-state index contributed by atoms with van der Waals surface area (Å²) >= 11 is 0. The Morgan fingerprint density at radius 2 is 1.63 bits per heavy atom. The second kappa shape index (κ2) is 11.3. The van der Waals surface area contributed by atoms with Gasteiger partial charge in [-0.05, 0) is 66.6 Å². The van der Waals surface area contributed by atoms with Crippen LogP contribution >= 0.6 is 0 Å². The normalized spacial score (nSPS) is 11.3. The van der Waals surface area contributed by atoms with Gasteiger partial charge in [0.15, 0.2) is 17.3 Å². The SMILES string of the molecule is COc1cc(-c2cc(CNc3ccc(-c4nc[nH]n4)cc3)cn2S(=O)(=O)c2cc(O)ccc2C)cc(OC)c1OC. The first-order chi connectivity index (χ1) is 19.7. The van der Waals surface area contributed by atoms with Crippen molar-refractivity contribution in [2.45, 2.75) is 18.4 Å². The molecule has 0 spiro atoms. The standard InChI is InChI=1S/C29H29N5O6S/c1-18-5-10-23(35)14-27(18)41(36,37)34-16-19(15-30-22-8-6-20(7-9-22)29-31-17-32-33-29)11-24(34)21-12-25(38-2)28(40-4)26(13-21)39-3/h5-14,16-17,30,35H,15H2,1-4H3,(H,31,32,33). The number of hydrogen-bond donors (Lipinski definition) is 3. The minimum absolute atomic E-state index is 0.0103. The molecule has 0 aliphatic heterocycles. The molecule has 11 nitrogen and oxygen atoms in total. The Labute approximate surface area is 237 Å². The molecule has 212 valence electrons. The van der Waals surface area contributed by atoms with Crippen LogP contribution in [0.5, 0.6) is 23.0 Å². The fourth-order valence-electron chi connectivity index (χ4n) is 4.49. The van der Waals surface area contributed by atoms with Gasteiger partial charge in [0.1, 0.15) is 12.1 Å². The van der Waals surface area contributed by atoms with Gasteiger partial charge >= 0.3 is 0 Å². The molecule has 5 rings (SSSR count). The number of aromatic amines is 1. The van der Waals surface area contributed by atoms with Crippen LogP contribution in [-0.4, -0.2) is 54.0 Å². The van der Waals surface area contributed by atoms with Gasteiger partial charge in [0.05, 0.1) is 31.9 Å². The van der Waals surface area contributed by atoms with E-state index in [9.17, 15) is 13.5 Å². The van der Waals surface area contributed by atoms with Gasteiger partial charge in [-0.25, -0.2) is 17.4 Å². The number of methoxy groups -OCH3 is 3. The lowest BCUT2D eigenvalue weighted by atomic mass is 10.1. The van der Waals surface area contributed by atoms with E-state index in [0.29, 0.717) is 52.0 Å². The maximum Gasteiger partial charge on any atom is 0.268 e. The minimum atomic E-state index is -4.12. The summed E-state index contributed by atoms with van der Waals surface area (Å²) in [6, 6.07) is 17.0.